The molecule has 0 fully saturated rings. The second-order valence-electron chi connectivity index (χ2n) is 7.66. The molecule has 0 spiro atoms. The number of halogens is 1. The van der Waals surface area contributed by atoms with Gasteiger partial charge in [-0.2, -0.15) is 0 Å². The molecule has 0 aliphatic rings. The quantitative estimate of drug-likeness (QED) is 0.398. The number of aromatic nitrogens is 3. The molecule has 0 aliphatic heterocycles. The Balaban J connectivity index is 1.90. The lowest BCUT2D eigenvalue weighted by Gasteiger charge is -2.12. The number of nitrogens with zero attached hydrogens (tertiary/aromatic N) is 4. The zero-order valence-electron chi connectivity index (χ0n) is 18.8. The molecule has 2 aromatic carbocycles. The summed E-state index contributed by atoms with van der Waals surface area (Å²) in [6.07, 6.45) is 2.14. The van der Waals surface area contributed by atoms with Crippen molar-refractivity contribution in [3.05, 3.63) is 60.5 Å². The third-order valence-corrected chi connectivity index (χ3v) is 5.95. The van der Waals surface area contributed by atoms with Crippen molar-refractivity contribution in [1.82, 2.24) is 19.4 Å². The molecule has 0 unspecified atom stereocenters. The summed E-state index contributed by atoms with van der Waals surface area (Å²) in [6.45, 7) is 0. The molecule has 0 bridgehead atoms. The second-order valence-corrected chi connectivity index (χ2v) is 9.59. The van der Waals surface area contributed by atoms with Crippen LogP contribution in [0.3, 0.4) is 0 Å². The molecule has 0 saturated carbocycles. The molecule has 0 radical (unpaired) electrons. The molecule has 4 rings (SSSR count). The van der Waals surface area contributed by atoms with Gasteiger partial charge >= 0.3 is 6.09 Å². The summed E-state index contributed by atoms with van der Waals surface area (Å²) in [4.78, 5) is 22.0. The minimum atomic E-state index is -3.74. The fourth-order valence-corrected chi connectivity index (χ4v) is 4.11. The highest BCUT2D eigenvalue weighted by molar-refractivity contribution is 7.90. The van der Waals surface area contributed by atoms with Crippen LogP contribution in [0.1, 0.15) is 0 Å². The van der Waals surface area contributed by atoms with Gasteiger partial charge in [-0.05, 0) is 36.4 Å². The van der Waals surface area contributed by atoms with E-state index >= 15 is 0 Å². The van der Waals surface area contributed by atoms with Gasteiger partial charge < -0.3 is 18.9 Å². The maximum Gasteiger partial charge on any atom is 0.414 e. The Morgan fingerprint density at radius 3 is 2.50 bits per heavy atom. The fourth-order valence-electron chi connectivity index (χ4n) is 3.30. The predicted molar refractivity (Wildman–Crippen MR) is 124 cm³/mol. The van der Waals surface area contributed by atoms with Crippen LogP contribution >= 0.6 is 0 Å². The Kier molecular flexibility index (Phi) is 5.96. The number of hydrogen-bond donors (Lipinski definition) is 0. The average Bonchev–Trinajstić information content (AvgIpc) is 3.21. The van der Waals surface area contributed by atoms with Crippen molar-refractivity contribution in [3.8, 4) is 28.6 Å². The van der Waals surface area contributed by atoms with E-state index in [9.17, 15) is 17.6 Å². The summed E-state index contributed by atoms with van der Waals surface area (Å²) >= 11 is 0. The van der Waals surface area contributed by atoms with Gasteiger partial charge in [0.25, 0.3) is 0 Å². The number of ether oxygens (including phenoxy) is 2. The van der Waals surface area contributed by atoms with Gasteiger partial charge in [-0.1, -0.05) is 6.07 Å². The molecule has 0 atom stereocenters. The van der Waals surface area contributed by atoms with Crippen LogP contribution in [0.4, 0.5) is 9.18 Å². The Hall–Kier alpha value is -3.99. The van der Waals surface area contributed by atoms with E-state index in [-0.39, 0.29) is 27.8 Å². The van der Waals surface area contributed by atoms with E-state index in [0.717, 1.165) is 6.26 Å². The van der Waals surface area contributed by atoms with Crippen molar-refractivity contribution >= 4 is 27.0 Å². The van der Waals surface area contributed by atoms with Gasteiger partial charge in [0.15, 0.2) is 32.3 Å². The first-order valence-corrected chi connectivity index (χ1v) is 11.9. The monoisotopic (exact) mass is 484 g/mol. The van der Waals surface area contributed by atoms with Crippen LogP contribution in [0.5, 0.6) is 11.5 Å². The number of carbonyl (C=O) groups is 1. The first-order valence-electron chi connectivity index (χ1n) is 10.0. The lowest BCUT2D eigenvalue weighted by molar-refractivity contribution is 0.172. The van der Waals surface area contributed by atoms with Crippen LogP contribution < -0.4 is 9.47 Å². The smallest absolute Gasteiger partial charge is 0.414 e. The number of hydrogen-bond acceptors (Lipinski definition) is 7. The molecule has 4 aromatic rings. The van der Waals surface area contributed by atoms with E-state index in [0.29, 0.717) is 16.8 Å². The van der Waals surface area contributed by atoms with Crippen LogP contribution in [0.25, 0.3) is 28.1 Å². The number of fused-ring (bicyclic) bond motifs is 1. The highest BCUT2D eigenvalue weighted by Crippen LogP contribution is 2.30. The highest BCUT2D eigenvalue weighted by Gasteiger charge is 2.21. The van der Waals surface area contributed by atoms with Crippen LogP contribution in [0.15, 0.2) is 59.8 Å². The summed E-state index contributed by atoms with van der Waals surface area (Å²) in [5, 5.41) is 0.119. The van der Waals surface area contributed by atoms with Crippen molar-refractivity contribution in [2.24, 2.45) is 0 Å². The van der Waals surface area contributed by atoms with Crippen LogP contribution in [-0.2, 0) is 9.84 Å². The molecular weight excluding hydrogens is 463 g/mol. The van der Waals surface area contributed by atoms with Gasteiger partial charge in [0.05, 0.1) is 18.2 Å². The van der Waals surface area contributed by atoms with Gasteiger partial charge in [0.2, 0.25) is 0 Å². The Bertz CT molecular complexity index is 1520. The number of sulfone groups is 1. The first kappa shape index (κ1) is 23.2. The van der Waals surface area contributed by atoms with E-state index in [1.807, 2.05) is 0 Å². The number of methoxy groups -OCH3 is 1. The zero-order chi connectivity index (χ0) is 24.6. The minimum absolute atomic E-state index is 0.0321. The number of benzene rings is 2. The van der Waals surface area contributed by atoms with Crippen LogP contribution in [-0.4, -0.2) is 61.4 Å². The van der Waals surface area contributed by atoms with Crippen molar-refractivity contribution in [2.75, 3.05) is 27.5 Å². The largest absolute Gasteiger partial charge is 0.494 e. The van der Waals surface area contributed by atoms with Gasteiger partial charge in [0, 0.05) is 38.2 Å². The molecule has 2 aromatic heterocycles. The zero-order valence-corrected chi connectivity index (χ0v) is 19.6. The molecule has 0 saturated heterocycles. The molecule has 0 N–H and O–H groups in total. The lowest BCUT2D eigenvalue weighted by atomic mass is 10.2. The number of carbonyl (C=O) groups excluding carboxylic acids is 1. The maximum absolute atomic E-state index is 14.3. The third kappa shape index (κ3) is 4.42. The van der Waals surface area contributed by atoms with E-state index in [2.05, 4.69) is 9.97 Å². The summed E-state index contributed by atoms with van der Waals surface area (Å²) in [5.74, 6) is -0.256. The van der Waals surface area contributed by atoms with E-state index in [4.69, 9.17) is 9.47 Å². The Morgan fingerprint density at radius 2 is 1.85 bits per heavy atom. The SMILES string of the molecule is COc1ccc(-c2nc(S(C)(=O)=O)c3ccn(-c4cccc(OC(=O)N(C)C)c4)c3n2)cc1F. The molecule has 2 heterocycles. The highest BCUT2D eigenvalue weighted by atomic mass is 32.2. The molecule has 34 heavy (non-hydrogen) atoms. The lowest BCUT2D eigenvalue weighted by Crippen LogP contribution is -2.25. The normalized spacial score (nSPS) is 11.4. The number of rotatable bonds is 5. The predicted octanol–water partition coefficient (Wildman–Crippen LogP) is 3.70. The van der Waals surface area contributed by atoms with Gasteiger partial charge in [0.1, 0.15) is 11.4 Å². The van der Waals surface area contributed by atoms with Crippen molar-refractivity contribution in [1.29, 1.82) is 0 Å². The second kappa shape index (κ2) is 8.75. The maximum atomic E-state index is 14.3. The van der Waals surface area contributed by atoms with Crippen molar-refractivity contribution < 1.29 is 27.1 Å². The topological polar surface area (TPSA) is 104 Å². The van der Waals surface area contributed by atoms with Gasteiger partial charge in [-0.15, -0.1) is 0 Å². The molecular formula is C23H21FN4O5S. The molecule has 9 nitrogen and oxygen atoms in total. The van der Waals surface area contributed by atoms with E-state index in [1.165, 1.54) is 24.1 Å². The molecule has 11 heteroatoms. The summed E-state index contributed by atoms with van der Waals surface area (Å²) < 4.78 is 51.3. The van der Waals surface area contributed by atoms with E-state index in [1.54, 1.807) is 61.3 Å². The van der Waals surface area contributed by atoms with Gasteiger partial charge in [-0.3, -0.25) is 0 Å². The summed E-state index contributed by atoms with van der Waals surface area (Å²) in [6, 6.07) is 12.4. The first-order chi connectivity index (χ1) is 16.1. The standard InChI is InChI=1S/C23H21FN4O5S/c1-27(2)23(29)33-16-7-5-6-15(13-16)28-11-10-17-21(28)25-20(26-22(17)34(4,30)31)14-8-9-19(32-3)18(24)12-14/h5-13H,1-4H3. The molecule has 0 aliphatic carbocycles. The Labute approximate surface area is 195 Å². The molecule has 1 amide bonds. The van der Waals surface area contributed by atoms with Gasteiger partial charge in [-0.25, -0.2) is 27.6 Å². The summed E-state index contributed by atoms with van der Waals surface area (Å²) in [5.41, 5.74) is 1.15. The molecule has 176 valence electrons. The Morgan fingerprint density at radius 1 is 1.09 bits per heavy atom. The number of amides is 1. The van der Waals surface area contributed by atoms with Crippen molar-refractivity contribution in [3.63, 3.8) is 0 Å². The fraction of sp³-hybridized carbons (Fsp3) is 0.174. The van der Waals surface area contributed by atoms with E-state index < -0.39 is 21.7 Å². The summed E-state index contributed by atoms with van der Waals surface area (Å²) in [7, 11) is 0.740. The third-order valence-electron chi connectivity index (χ3n) is 4.94. The van der Waals surface area contributed by atoms with Crippen LogP contribution in [0, 0.1) is 5.82 Å². The van der Waals surface area contributed by atoms with Crippen molar-refractivity contribution in [2.45, 2.75) is 5.03 Å². The minimum Gasteiger partial charge on any atom is -0.494 e. The van der Waals surface area contributed by atoms with Crippen LogP contribution in [0.2, 0.25) is 0 Å². The average molecular weight is 485 g/mol.